The van der Waals surface area contributed by atoms with E-state index in [0.717, 1.165) is 0 Å². The zero-order valence-corrected chi connectivity index (χ0v) is 8.14. The summed E-state index contributed by atoms with van der Waals surface area (Å²) in [7, 11) is 0. The molecule has 0 aliphatic heterocycles. The van der Waals surface area contributed by atoms with Crippen LogP contribution in [0.4, 0.5) is 4.39 Å². The zero-order valence-electron chi connectivity index (χ0n) is 7.39. The summed E-state index contributed by atoms with van der Waals surface area (Å²) in [5.74, 6) is -1.02. The normalized spacial score (nSPS) is 9.93. The Balaban J connectivity index is 2.84. The molecule has 76 valence electrons. The summed E-state index contributed by atoms with van der Waals surface area (Å²) in [6.45, 7) is 0.671. The lowest BCUT2D eigenvalue weighted by molar-refractivity contribution is 0.0954. The van der Waals surface area contributed by atoms with Gasteiger partial charge in [-0.3, -0.25) is 4.79 Å². The van der Waals surface area contributed by atoms with E-state index in [9.17, 15) is 9.18 Å². The minimum Gasteiger partial charge on any atom is -0.351 e. The maximum atomic E-state index is 12.9. The average molecular weight is 217 g/mol. The van der Waals surface area contributed by atoms with Crippen LogP contribution in [-0.2, 0) is 0 Å². The van der Waals surface area contributed by atoms with Crippen LogP contribution in [0.3, 0.4) is 0 Å². The van der Waals surface area contributed by atoms with Gasteiger partial charge in [0.25, 0.3) is 5.91 Å². The van der Waals surface area contributed by atoms with Gasteiger partial charge in [0.15, 0.2) is 0 Å². The fourth-order valence-corrected chi connectivity index (χ4v) is 1.17. The Labute approximate surface area is 86.0 Å². The predicted molar refractivity (Wildman–Crippen MR) is 52.8 cm³/mol. The van der Waals surface area contributed by atoms with E-state index < -0.39 is 11.7 Å². The van der Waals surface area contributed by atoms with E-state index in [0.29, 0.717) is 13.1 Å². The van der Waals surface area contributed by atoms with Gasteiger partial charge >= 0.3 is 0 Å². The van der Waals surface area contributed by atoms with Crippen LogP contribution in [0.2, 0.25) is 5.02 Å². The Kier molecular flexibility index (Phi) is 3.85. The maximum absolute atomic E-state index is 12.9. The lowest BCUT2D eigenvalue weighted by atomic mass is 10.2. The molecule has 0 spiro atoms. The van der Waals surface area contributed by atoms with Crippen LogP contribution in [0.1, 0.15) is 10.4 Å². The first-order chi connectivity index (χ1) is 6.66. The SMILES string of the molecule is NCCNC(=O)c1cccc(F)c1Cl. The first-order valence-corrected chi connectivity index (χ1v) is 4.47. The van der Waals surface area contributed by atoms with Crippen LogP contribution in [0.15, 0.2) is 18.2 Å². The smallest absolute Gasteiger partial charge is 0.252 e. The van der Waals surface area contributed by atoms with Crippen molar-refractivity contribution >= 4 is 17.5 Å². The second-order valence-corrected chi connectivity index (χ2v) is 3.02. The van der Waals surface area contributed by atoms with Gasteiger partial charge in [0.1, 0.15) is 5.82 Å². The van der Waals surface area contributed by atoms with Crippen LogP contribution in [0, 0.1) is 5.82 Å². The van der Waals surface area contributed by atoms with Gasteiger partial charge in [-0.1, -0.05) is 17.7 Å². The van der Waals surface area contributed by atoms with Gasteiger partial charge in [0.2, 0.25) is 0 Å². The summed E-state index contributed by atoms with van der Waals surface area (Å²) in [6, 6.07) is 4.08. The van der Waals surface area contributed by atoms with E-state index in [1.54, 1.807) is 0 Å². The molecule has 0 fully saturated rings. The minimum absolute atomic E-state index is 0.125. The number of nitrogens with one attached hydrogen (secondary N) is 1. The highest BCUT2D eigenvalue weighted by atomic mass is 35.5. The van der Waals surface area contributed by atoms with E-state index in [4.69, 9.17) is 17.3 Å². The van der Waals surface area contributed by atoms with Gasteiger partial charge in [-0.2, -0.15) is 0 Å². The Morgan fingerprint density at radius 2 is 2.29 bits per heavy atom. The van der Waals surface area contributed by atoms with E-state index >= 15 is 0 Å². The number of carbonyl (C=O) groups excluding carboxylic acids is 1. The molecule has 0 saturated heterocycles. The number of halogens is 2. The molecule has 0 aromatic heterocycles. The van der Waals surface area contributed by atoms with Crippen LogP contribution in [-0.4, -0.2) is 19.0 Å². The number of rotatable bonds is 3. The molecule has 0 aliphatic carbocycles. The second-order valence-electron chi connectivity index (χ2n) is 2.65. The lowest BCUT2D eigenvalue weighted by Gasteiger charge is -2.05. The number of amides is 1. The number of benzene rings is 1. The van der Waals surface area contributed by atoms with Gasteiger partial charge in [0, 0.05) is 13.1 Å². The Morgan fingerprint density at radius 1 is 1.57 bits per heavy atom. The number of hydrogen-bond donors (Lipinski definition) is 2. The summed E-state index contributed by atoms with van der Waals surface area (Å²) in [5, 5.41) is 2.34. The number of carbonyl (C=O) groups is 1. The van der Waals surface area contributed by atoms with E-state index in [1.807, 2.05) is 0 Å². The van der Waals surface area contributed by atoms with Gasteiger partial charge in [-0.25, -0.2) is 4.39 Å². The largest absolute Gasteiger partial charge is 0.351 e. The van der Waals surface area contributed by atoms with Gasteiger partial charge in [-0.05, 0) is 12.1 Å². The molecule has 0 saturated carbocycles. The van der Waals surface area contributed by atoms with Crippen LogP contribution in [0.25, 0.3) is 0 Å². The molecule has 0 aliphatic rings. The van der Waals surface area contributed by atoms with E-state index in [2.05, 4.69) is 5.32 Å². The third-order valence-corrected chi connectivity index (χ3v) is 2.01. The van der Waals surface area contributed by atoms with Gasteiger partial charge in [-0.15, -0.1) is 0 Å². The minimum atomic E-state index is -0.605. The van der Waals surface area contributed by atoms with Crippen molar-refractivity contribution in [3.05, 3.63) is 34.6 Å². The molecular weight excluding hydrogens is 207 g/mol. The Bertz CT molecular complexity index is 344. The fraction of sp³-hybridized carbons (Fsp3) is 0.222. The summed E-state index contributed by atoms with van der Waals surface area (Å²) in [6.07, 6.45) is 0. The molecule has 0 atom stereocenters. The predicted octanol–water partition coefficient (Wildman–Crippen LogP) is 1.17. The maximum Gasteiger partial charge on any atom is 0.252 e. The highest BCUT2D eigenvalue weighted by molar-refractivity contribution is 6.34. The molecule has 0 heterocycles. The molecule has 0 radical (unpaired) electrons. The molecule has 3 N–H and O–H groups in total. The molecule has 3 nitrogen and oxygen atoms in total. The van der Waals surface area contributed by atoms with Crippen molar-refractivity contribution in [2.24, 2.45) is 5.73 Å². The molecule has 5 heteroatoms. The molecule has 1 aromatic carbocycles. The first-order valence-electron chi connectivity index (χ1n) is 4.09. The van der Waals surface area contributed by atoms with Crippen LogP contribution >= 0.6 is 11.6 Å². The molecule has 0 bridgehead atoms. The van der Waals surface area contributed by atoms with Crippen molar-refractivity contribution in [3.63, 3.8) is 0 Å². The summed E-state index contributed by atoms with van der Waals surface area (Å²) < 4.78 is 12.9. The number of hydrogen-bond acceptors (Lipinski definition) is 2. The molecule has 1 aromatic rings. The third kappa shape index (κ3) is 2.43. The van der Waals surface area contributed by atoms with E-state index in [1.165, 1.54) is 18.2 Å². The first kappa shape index (κ1) is 10.9. The zero-order chi connectivity index (χ0) is 10.6. The average Bonchev–Trinajstić information content (AvgIpc) is 2.18. The van der Waals surface area contributed by atoms with Crippen molar-refractivity contribution in [3.8, 4) is 0 Å². The second kappa shape index (κ2) is 4.93. The Morgan fingerprint density at radius 3 is 2.93 bits per heavy atom. The van der Waals surface area contributed by atoms with Crippen LogP contribution < -0.4 is 11.1 Å². The highest BCUT2D eigenvalue weighted by Crippen LogP contribution is 2.19. The topological polar surface area (TPSA) is 55.1 Å². The van der Waals surface area contributed by atoms with Crippen molar-refractivity contribution < 1.29 is 9.18 Å². The summed E-state index contributed by atoms with van der Waals surface area (Å²) in [4.78, 5) is 11.4. The Hall–Kier alpha value is -1.13. The van der Waals surface area contributed by atoms with Gasteiger partial charge in [0.05, 0.1) is 10.6 Å². The molecule has 0 unspecified atom stereocenters. The molecule has 1 rings (SSSR count). The van der Waals surface area contributed by atoms with Crippen molar-refractivity contribution in [1.29, 1.82) is 0 Å². The van der Waals surface area contributed by atoms with Gasteiger partial charge < -0.3 is 11.1 Å². The van der Waals surface area contributed by atoms with Crippen molar-refractivity contribution in [2.45, 2.75) is 0 Å². The monoisotopic (exact) mass is 216 g/mol. The summed E-state index contributed by atoms with van der Waals surface area (Å²) >= 11 is 5.60. The quantitative estimate of drug-likeness (QED) is 0.797. The molecule has 1 amide bonds. The standard InChI is InChI=1S/C9H10ClFN2O/c10-8-6(2-1-3-7(8)11)9(14)13-5-4-12/h1-3H,4-5,12H2,(H,13,14). The van der Waals surface area contributed by atoms with Crippen molar-refractivity contribution in [1.82, 2.24) is 5.32 Å². The lowest BCUT2D eigenvalue weighted by Crippen LogP contribution is -2.29. The highest BCUT2D eigenvalue weighted by Gasteiger charge is 2.12. The van der Waals surface area contributed by atoms with E-state index in [-0.39, 0.29) is 10.6 Å². The fourth-order valence-electron chi connectivity index (χ4n) is 0.960. The molecule has 14 heavy (non-hydrogen) atoms. The van der Waals surface area contributed by atoms with Crippen molar-refractivity contribution in [2.75, 3.05) is 13.1 Å². The molecular formula is C9H10ClFN2O. The number of nitrogens with two attached hydrogens (primary N) is 1. The summed E-state index contributed by atoms with van der Waals surface area (Å²) in [5.41, 5.74) is 5.33. The van der Waals surface area contributed by atoms with Crippen LogP contribution in [0.5, 0.6) is 0 Å². The third-order valence-electron chi connectivity index (χ3n) is 1.63.